The molecule has 0 aliphatic carbocycles. The predicted molar refractivity (Wildman–Crippen MR) is 104 cm³/mol. The van der Waals surface area contributed by atoms with Crippen molar-refractivity contribution in [2.75, 3.05) is 20.2 Å². The molecule has 0 atom stereocenters. The van der Waals surface area contributed by atoms with E-state index < -0.39 is 0 Å². The minimum Gasteiger partial charge on any atom is -0.497 e. The Labute approximate surface area is 152 Å². The van der Waals surface area contributed by atoms with Crippen molar-refractivity contribution in [1.29, 1.82) is 0 Å². The molecule has 3 N–H and O–H groups in total. The second-order valence-electron chi connectivity index (χ2n) is 6.68. The van der Waals surface area contributed by atoms with Gasteiger partial charge in [0.25, 0.3) is 5.91 Å². The van der Waals surface area contributed by atoms with E-state index in [-0.39, 0.29) is 11.9 Å². The average molecular weight is 349 g/mol. The molecule has 0 spiro atoms. The van der Waals surface area contributed by atoms with Gasteiger partial charge in [-0.3, -0.25) is 4.79 Å². The van der Waals surface area contributed by atoms with Crippen molar-refractivity contribution < 1.29 is 9.53 Å². The lowest BCUT2D eigenvalue weighted by Crippen LogP contribution is -2.42. The van der Waals surface area contributed by atoms with Crippen LogP contribution in [0.1, 0.15) is 23.3 Å². The first-order valence-corrected chi connectivity index (χ1v) is 9.02. The minimum absolute atomic E-state index is 0.0335. The number of hydrogen-bond acceptors (Lipinski definition) is 3. The number of fused-ring (bicyclic) bond motifs is 1. The van der Waals surface area contributed by atoms with Gasteiger partial charge in [-0.1, -0.05) is 24.3 Å². The molecule has 0 saturated carbocycles. The van der Waals surface area contributed by atoms with Gasteiger partial charge in [0.05, 0.1) is 7.11 Å². The molecule has 134 valence electrons. The molecule has 0 radical (unpaired) electrons. The van der Waals surface area contributed by atoms with Crippen LogP contribution in [0.25, 0.3) is 22.0 Å². The Morgan fingerprint density at radius 3 is 2.62 bits per heavy atom. The zero-order valence-electron chi connectivity index (χ0n) is 14.8. The van der Waals surface area contributed by atoms with Crippen LogP contribution in [0.4, 0.5) is 0 Å². The Balaban J connectivity index is 1.63. The maximum absolute atomic E-state index is 12.6. The molecule has 1 aliphatic rings. The van der Waals surface area contributed by atoms with E-state index in [1.165, 1.54) is 0 Å². The lowest BCUT2D eigenvalue weighted by molar-refractivity contribution is 0.0925. The normalized spacial score (nSPS) is 15.1. The molecule has 4 rings (SSSR count). The summed E-state index contributed by atoms with van der Waals surface area (Å²) >= 11 is 0. The number of ether oxygens (including phenoxy) is 1. The van der Waals surface area contributed by atoms with Crippen molar-refractivity contribution in [1.82, 2.24) is 15.6 Å². The third kappa shape index (κ3) is 3.30. The van der Waals surface area contributed by atoms with Crippen LogP contribution in [0.3, 0.4) is 0 Å². The average Bonchev–Trinajstić information content (AvgIpc) is 3.13. The number of aromatic nitrogens is 1. The van der Waals surface area contributed by atoms with Gasteiger partial charge < -0.3 is 20.4 Å². The summed E-state index contributed by atoms with van der Waals surface area (Å²) in [5.74, 6) is 0.797. The van der Waals surface area contributed by atoms with Gasteiger partial charge in [-0.2, -0.15) is 0 Å². The highest BCUT2D eigenvalue weighted by atomic mass is 16.5. The number of benzene rings is 2. The van der Waals surface area contributed by atoms with Gasteiger partial charge in [-0.25, -0.2) is 0 Å². The monoisotopic (exact) mass is 349 g/mol. The van der Waals surface area contributed by atoms with E-state index in [9.17, 15) is 4.79 Å². The van der Waals surface area contributed by atoms with Crippen LogP contribution in [0.2, 0.25) is 0 Å². The molecule has 1 aromatic heterocycles. The lowest BCUT2D eigenvalue weighted by Gasteiger charge is -2.23. The molecular formula is C21H23N3O2. The third-order valence-corrected chi connectivity index (χ3v) is 4.98. The van der Waals surface area contributed by atoms with E-state index in [2.05, 4.69) is 21.7 Å². The molecule has 26 heavy (non-hydrogen) atoms. The van der Waals surface area contributed by atoms with Gasteiger partial charge in [0.15, 0.2) is 0 Å². The van der Waals surface area contributed by atoms with Crippen LogP contribution in [-0.4, -0.2) is 37.1 Å². The summed E-state index contributed by atoms with van der Waals surface area (Å²) in [7, 11) is 1.66. The Morgan fingerprint density at radius 1 is 1.12 bits per heavy atom. The van der Waals surface area contributed by atoms with Crippen LogP contribution >= 0.6 is 0 Å². The van der Waals surface area contributed by atoms with Crippen LogP contribution in [0.5, 0.6) is 5.75 Å². The number of carbonyl (C=O) groups excluding carboxylic acids is 1. The number of rotatable bonds is 4. The zero-order chi connectivity index (χ0) is 17.9. The van der Waals surface area contributed by atoms with Gasteiger partial charge in [-0.05, 0) is 61.3 Å². The van der Waals surface area contributed by atoms with E-state index in [1.807, 2.05) is 42.5 Å². The number of amides is 1. The molecule has 3 aromatic rings. The molecule has 1 saturated heterocycles. The van der Waals surface area contributed by atoms with Gasteiger partial charge in [0.2, 0.25) is 0 Å². The van der Waals surface area contributed by atoms with Gasteiger partial charge in [0, 0.05) is 16.9 Å². The number of carbonyl (C=O) groups is 1. The summed E-state index contributed by atoms with van der Waals surface area (Å²) in [4.78, 5) is 15.9. The first-order valence-electron chi connectivity index (χ1n) is 9.02. The van der Waals surface area contributed by atoms with Crippen molar-refractivity contribution in [3.8, 4) is 16.9 Å². The Morgan fingerprint density at radius 2 is 1.88 bits per heavy atom. The molecule has 0 unspecified atom stereocenters. The number of hydrogen-bond donors (Lipinski definition) is 3. The summed E-state index contributed by atoms with van der Waals surface area (Å²) in [6.45, 7) is 1.92. The van der Waals surface area contributed by atoms with Crippen LogP contribution in [0.15, 0.2) is 48.5 Å². The van der Waals surface area contributed by atoms with Crippen LogP contribution in [0, 0.1) is 0 Å². The first kappa shape index (κ1) is 16.7. The fraction of sp³-hybridized carbons (Fsp3) is 0.286. The van der Waals surface area contributed by atoms with E-state index in [4.69, 9.17) is 4.74 Å². The summed E-state index contributed by atoms with van der Waals surface area (Å²) in [6.07, 6.45) is 1.95. The van der Waals surface area contributed by atoms with Crippen molar-refractivity contribution >= 4 is 16.8 Å². The zero-order valence-corrected chi connectivity index (χ0v) is 14.8. The topological polar surface area (TPSA) is 66.2 Å². The number of H-pyrrole nitrogens is 1. The maximum Gasteiger partial charge on any atom is 0.267 e. The Hall–Kier alpha value is -2.79. The molecule has 5 heteroatoms. The van der Waals surface area contributed by atoms with E-state index in [0.717, 1.165) is 53.7 Å². The Bertz CT molecular complexity index is 909. The van der Waals surface area contributed by atoms with Crippen LogP contribution in [-0.2, 0) is 0 Å². The summed E-state index contributed by atoms with van der Waals surface area (Å²) in [5, 5.41) is 7.51. The largest absolute Gasteiger partial charge is 0.497 e. The predicted octanol–water partition coefficient (Wildman–Crippen LogP) is 3.33. The summed E-state index contributed by atoms with van der Waals surface area (Å²) < 4.78 is 5.24. The standard InChI is InChI=1S/C21H23N3O2/c1-26-16-7-5-14(6-8-16)17-3-2-4-19-18(17)13-20(24-19)21(25)23-15-9-11-22-12-10-15/h2-8,13,15,22,24H,9-12H2,1H3,(H,23,25). The number of methoxy groups -OCH3 is 1. The second-order valence-corrected chi connectivity index (χ2v) is 6.68. The summed E-state index contributed by atoms with van der Waals surface area (Å²) in [6, 6.07) is 16.3. The molecule has 2 heterocycles. The van der Waals surface area contributed by atoms with Crippen molar-refractivity contribution in [2.45, 2.75) is 18.9 Å². The fourth-order valence-corrected chi connectivity index (χ4v) is 3.53. The molecule has 5 nitrogen and oxygen atoms in total. The lowest BCUT2D eigenvalue weighted by atomic mass is 10.0. The van der Waals surface area contributed by atoms with Crippen molar-refractivity contribution in [3.05, 3.63) is 54.2 Å². The quantitative estimate of drug-likeness (QED) is 0.677. The highest BCUT2D eigenvalue weighted by molar-refractivity contribution is 6.03. The highest BCUT2D eigenvalue weighted by Gasteiger charge is 2.18. The van der Waals surface area contributed by atoms with E-state index >= 15 is 0 Å². The molecule has 2 aromatic carbocycles. The Kier molecular flexibility index (Phi) is 4.63. The van der Waals surface area contributed by atoms with Crippen LogP contribution < -0.4 is 15.4 Å². The number of aromatic amines is 1. The number of nitrogens with one attached hydrogen (secondary N) is 3. The molecule has 0 bridgehead atoms. The summed E-state index contributed by atoms with van der Waals surface area (Å²) in [5.41, 5.74) is 3.77. The van der Waals surface area contributed by atoms with Crippen molar-refractivity contribution in [2.24, 2.45) is 0 Å². The van der Waals surface area contributed by atoms with E-state index in [0.29, 0.717) is 5.69 Å². The van der Waals surface area contributed by atoms with Crippen molar-refractivity contribution in [3.63, 3.8) is 0 Å². The molecule has 1 aliphatic heterocycles. The van der Waals surface area contributed by atoms with Gasteiger partial charge in [-0.15, -0.1) is 0 Å². The van der Waals surface area contributed by atoms with E-state index in [1.54, 1.807) is 7.11 Å². The maximum atomic E-state index is 12.6. The molecule has 1 amide bonds. The third-order valence-electron chi connectivity index (χ3n) is 4.98. The second kappa shape index (κ2) is 7.22. The smallest absolute Gasteiger partial charge is 0.267 e. The highest BCUT2D eigenvalue weighted by Crippen LogP contribution is 2.30. The van der Waals surface area contributed by atoms with Gasteiger partial charge in [0.1, 0.15) is 11.4 Å². The first-order chi connectivity index (χ1) is 12.7. The fourth-order valence-electron chi connectivity index (χ4n) is 3.53. The number of piperidine rings is 1. The SMILES string of the molecule is COc1ccc(-c2cccc3[nH]c(C(=O)NC4CCNCC4)cc23)cc1. The molecular weight excluding hydrogens is 326 g/mol. The molecule has 1 fully saturated rings. The minimum atomic E-state index is -0.0335. The van der Waals surface area contributed by atoms with Gasteiger partial charge >= 0.3 is 0 Å².